The number of carbonyl (C=O) groups excluding carboxylic acids is 1. The molecule has 3 rings (SSSR count). The number of H-pyrrole nitrogens is 1. The number of likely N-dealkylation sites (N-methyl/N-ethyl adjacent to an activating group) is 1. The SMILES string of the molecule is Cc1[nH]c2ccccc2c1CC(=O)N(C)[C@H](C)Cc1ccsc1. The summed E-state index contributed by atoms with van der Waals surface area (Å²) in [5.74, 6) is 0.167. The number of aromatic amines is 1. The van der Waals surface area contributed by atoms with Crippen LogP contribution in [0.5, 0.6) is 0 Å². The van der Waals surface area contributed by atoms with E-state index < -0.39 is 0 Å². The molecule has 0 saturated carbocycles. The Balaban J connectivity index is 1.73. The van der Waals surface area contributed by atoms with Gasteiger partial charge in [-0.05, 0) is 54.3 Å². The van der Waals surface area contributed by atoms with E-state index in [0.717, 1.165) is 28.6 Å². The van der Waals surface area contributed by atoms with Crippen LogP contribution in [0, 0.1) is 6.92 Å². The predicted octanol–water partition coefficient (Wildman–Crippen LogP) is 4.17. The van der Waals surface area contributed by atoms with Crippen LogP contribution >= 0.6 is 11.3 Å². The van der Waals surface area contributed by atoms with Crippen molar-refractivity contribution in [3.63, 3.8) is 0 Å². The van der Waals surface area contributed by atoms with Gasteiger partial charge in [-0.3, -0.25) is 4.79 Å². The van der Waals surface area contributed by atoms with Gasteiger partial charge in [-0.2, -0.15) is 11.3 Å². The molecule has 0 saturated heterocycles. The van der Waals surface area contributed by atoms with E-state index in [9.17, 15) is 4.79 Å². The summed E-state index contributed by atoms with van der Waals surface area (Å²) >= 11 is 1.70. The number of aryl methyl sites for hydroxylation is 1. The number of nitrogens with zero attached hydrogens (tertiary/aromatic N) is 1. The molecule has 0 aliphatic rings. The number of hydrogen-bond donors (Lipinski definition) is 1. The summed E-state index contributed by atoms with van der Waals surface area (Å²) in [6.45, 7) is 4.15. The van der Waals surface area contributed by atoms with Crippen LogP contribution in [0.25, 0.3) is 10.9 Å². The Kier molecular flexibility index (Phi) is 4.53. The van der Waals surface area contributed by atoms with Gasteiger partial charge in [0.25, 0.3) is 0 Å². The molecule has 2 heterocycles. The Bertz CT molecular complexity index is 804. The van der Waals surface area contributed by atoms with Crippen molar-refractivity contribution < 1.29 is 4.79 Å². The fraction of sp³-hybridized carbons (Fsp3) is 0.316. The quantitative estimate of drug-likeness (QED) is 0.750. The first kappa shape index (κ1) is 15.8. The fourth-order valence-electron chi connectivity index (χ4n) is 2.97. The summed E-state index contributed by atoms with van der Waals surface area (Å²) in [7, 11) is 1.91. The summed E-state index contributed by atoms with van der Waals surface area (Å²) in [6, 6.07) is 10.5. The molecule has 120 valence electrons. The van der Waals surface area contributed by atoms with Crippen molar-refractivity contribution in [2.24, 2.45) is 0 Å². The topological polar surface area (TPSA) is 36.1 Å². The lowest BCUT2D eigenvalue weighted by atomic mass is 10.1. The van der Waals surface area contributed by atoms with Crippen LogP contribution in [0.4, 0.5) is 0 Å². The van der Waals surface area contributed by atoms with Gasteiger partial charge in [0.15, 0.2) is 0 Å². The maximum Gasteiger partial charge on any atom is 0.227 e. The van der Waals surface area contributed by atoms with Crippen molar-refractivity contribution in [1.29, 1.82) is 0 Å². The van der Waals surface area contributed by atoms with Crippen molar-refractivity contribution >= 4 is 28.1 Å². The molecule has 23 heavy (non-hydrogen) atoms. The van der Waals surface area contributed by atoms with E-state index in [1.54, 1.807) is 11.3 Å². The van der Waals surface area contributed by atoms with Crippen molar-refractivity contribution in [3.8, 4) is 0 Å². The smallest absolute Gasteiger partial charge is 0.227 e. The number of aromatic nitrogens is 1. The third-order valence-electron chi connectivity index (χ3n) is 4.52. The first-order valence-corrected chi connectivity index (χ1v) is 8.83. The monoisotopic (exact) mass is 326 g/mol. The number of hydrogen-bond acceptors (Lipinski definition) is 2. The van der Waals surface area contributed by atoms with Gasteiger partial charge in [0.1, 0.15) is 0 Å². The first-order valence-electron chi connectivity index (χ1n) is 7.89. The summed E-state index contributed by atoms with van der Waals surface area (Å²) < 4.78 is 0. The maximum absolute atomic E-state index is 12.7. The predicted molar refractivity (Wildman–Crippen MR) is 97.0 cm³/mol. The number of carbonyl (C=O) groups is 1. The Morgan fingerprint density at radius 1 is 1.30 bits per heavy atom. The van der Waals surface area contributed by atoms with Gasteiger partial charge in [-0.15, -0.1) is 0 Å². The lowest BCUT2D eigenvalue weighted by Crippen LogP contribution is -2.37. The molecule has 0 fully saturated rings. The number of rotatable bonds is 5. The minimum absolute atomic E-state index is 0.167. The van der Waals surface area contributed by atoms with E-state index in [4.69, 9.17) is 0 Å². The molecule has 1 amide bonds. The molecule has 2 aromatic heterocycles. The van der Waals surface area contributed by atoms with Crippen LogP contribution in [-0.2, 0) is 17.6 Å². The molecular formula is C19H22N2OS. The minimum Gasteiger partial charge on any atom is -0.358 e. The Morgan fingerprint density at radius 3 is 2.83 bits per heavy atom. The highest BCUT2D eigenvalue weighted by Gasteiger charge is 2.19. The lowest BCUT2D eigenvalue weighted by Gasteiger charge is -2.25. The highest BCUT2D eigenvalue weighted by Crippen LogP contribution is 2.23. The van der Waals surface area contributed by atoms with Crippen LogP contribution < -0.4 is 0 Å². The highest BCUT2D eigenvalue weighted by atomic mass is 32.1. The molecule has 0 bridgehead atoms. The molecule has 3 nitrogen and oxygen atoms in total. The van der Waals surface area contributed by atoms with Crippen LogP contribution in [0.2, 0.25) is 0 Å². The highest BCUT2D eigenvalue weighted by molar-refractivity contribution is 7.07. The Morgan fingerprint density at radius 2 is 2.09 bits per heavy atom. The number of fused-ring (bicyclic) bond motifs is 1. The molecule has 3 aromatic rings. The molecule has 0 aliphatic heterocycles. The van der Waals surface area contributed by atoms with Crippen LogP contribution in [0.15, 0.2) is 41.1 Å². The van der Waals surface area contributed by atoms with Gasteiger partial charge >= 0.3 is 0 Å². The Hall–Kier alpha value is -2.07. The second kappa shape index (κ2) is 6.59. The second-order valence-corrected chi connectivity index (χ2v) is 6.92. The van der Waals surface area contributed by atoms with Crippen LogP contribution in [-0.4, -0.2) is 28.9 Å². The molecular weight excluding hydrogens is 304 g/mol. The van der Waals surface area contributed by atoms with E-state index >= 15 is 0 Å². The number of nitrogens with one attached hydrogen (secondary N) is 1. The summed E-state index contributed by atoms with van der Waals surface area (Å²) in [4.78, 5) is 17.9. The van der Waals surface area contributed by atoms with Crippen LogP contribution in [0.1, 0.15) is 23.7 Å². The van der Waals surface area contributed by atoms with Crippen molar-refractivity contribution in [1.82, 2.24) is 9.88 Å². The summed E-state index contributed by atoms with van der Waals surface area (Å²) in [6.07, 6.45) is 1.35. The molecule has 1 atom stereocenters. The molecule has 1 N–H and O–H groups in total. The van der Waals surface area contributed by atoms with E-state index in [2.05, 4.69) is 40.9 Å². The first-order chi connectivity index (χ1) is 11.1. The van der Waals surface area contributed by atoms with E-state index in [-0.39, 0.29) is 11.9 Å². The largest absolute Gasteiger partial charge is 0.358 e. The van der Waals surface area contributed by atoms with Gasteiger partial charge in [0.05, 0.1) is 6.42 Å². The van der Waals surface area contributed by atoms with Crippen molar-refractivity contribution in [2.45, 2.75) is 32.7 Å². The van der Waals surface area contributed by atoms with Gasteiger partial charge in [0, 0.05) is 29.7 Å². The Labute approximate surface area is 140 Å². The average Bonchev–Trinajstić information content (AvgIpc) is 3.15. The van der Waals surface area contributed by atoms with Crippen molar-refractivity contribution in [2.75, 3.05) is 7.05 Å². The number of para-hydroxylation sites is 1. The molecule has 4 heteroatoms. The molecule has 0 aliphatic carbocycles. The van der Waals surface area contributed by atoms with E-state index in [1.807, 2.05) is 31.0 Å². The maximum atomic E-state index is 12.7. The lowest BCUT2D eigenvalue weighted by molar-refractivity contribution is -0.130. The molecule has 1 aromatic carbocycles. The van der Waals surface area contributed by atoms with Crippen molar-refractivity contribution in [3.05, 3.63) is 57.9 Å². The normalized spacial score (nSPS) is 12.5. The molecule has 0 radical (unpaired) electrons. The molecule has 0 spiro atoms. The zero-order valence-corrected chi connectivity index (χ0v) is 14.6. The third kappa shape index (κ3) is 3.32. The second-order valence-electron chi connectivity index (χ2n) is 6.14. The van der Waals surface area contributed by atoms with Gasteiger partial charge in [-0.25, -0.2) is 0 Å². The van der Waals surface area contributed by atoms with E-state index in [1.165, 1.54) is 5.56 Å². The number of amides is 1. The zero-order valence-electron chi connectivity index (χ0n) is 13.8. The summed E-state index contributed by atoms with van der Waals surface area (Å²) in [5.41, 5.74) is 4.59. The zero-order chi connectivity index (χ0) is 16.4. The van der Waals surface area contributed by atoms with Gasteiger partial charge in [0.2, 0.25) is 5.91 Å². The average molecular weight is 326 g/mol. The van der Waals surface area contributed by atoms with Crippen LogP contribution in [0.3, 0.4) is 0 Å². The standard InChI is InChI=1S/C19H22N2OS/c1-13(10-15-8-9-23-12-15)21(3)19(22)11-17-14(2)20-18-7-5-4-6-16(17)18/h4-9,12-13,20H,10-11H2,1-3H3/t13-/m1/s1. The number of thiophene rings is 1. The van der Waals surface area contributed by atoms with Gasteiger partial charge in [-0.1, -0.05) is 18.2 Å². The number of benzene rings is 1. The fourth-order valence-corrected chi connectivity index (χ4v) is 3.65. The van der Waals surface area contributed by atoms with Gasteiger partial charge < -0.3 is 9.88 Å². The minimum atomic E-state index is 0.167. The third-order valence-corrected chi connectivity index (χ3v) is 5.25. The molecule has 0 unspecified atom stereocenters. The van der Waals surface area contributed by atoms with E-state index in [0.29, 0.717) is 6.42 Å². The summed E-state index contributed by atoms with van der Waals surface area (Å²) in [5, 5.41) is 5.38.